The lowest BCUT2D eigenvalue weighted by atomic mass is 10.1. The fourth-order valence-electron chi connectivity index (χ4n) is 3.40. The number of rotatable bonds is 11. The molecule has 1 N–H and O–H groups in total. The number of Topliss-reactive ketones (excluding diaryl/α,β-unsaturated/α-hetero) is 1. The maximum Gasteiger partial charge on any atom is 0.338 e. The molecule has 0 radical (unpaired) electrons. The first-order valence-electron chi connectivity index (χ1n) is 10.8. The Labute approximate surface area is 187 Å². The molecule has 32 heavy (non-hydrogen) atoms. The van der Waals surface area contributed by atoms with Crippen molar-refractivity contribution in [2.75, 3.05) is 19.8 Å². The number of fused-ring (bicyclic) bond motifs is 1. The summed E-state index contributed by atoms with van der Waals surface area (Å²) >= 11 is 0. The maximum atomic E-state index is 11.9. The van der Waals surface area contributed by atoms with Crippen LogP contribution in [0.5, 0.6) is 17.2 Å². The Bertz CT molecular complexity index is 1090. The molecule has 0 spiro atoms. The van der Waals surface area contributed by atoms with Gasteiger partial charge in [0.2, 0.25) is 0 Å². The summed E-state index contributed by atoms with van der Waals surface area (Å²) in [5, 5.41) is 11.8. The van der Waals surface area contributed by atoms with Crippen LogP contribution in [-0.4, -0.2) is 36.7 Å². The number of phenolic OH excluding ortho intramolecular Hbond substituents is 1. The molecule has 0 atom stereocenters. The van der Waals surface area contributed by atoms with Crippen LogP contribution < -0.4 is 9.47 Å². The molecule has 3 rings (SSSR count). The van der Waals surface area contributed by atoms with E-state index in [2.05, 4.69) is 0 Å². The number of carbonyl (C=O) groups excluding carboxylic acids is 2. The SMILES string of the molecule is CCOC(=O)c1ccc2cc(OCCCCCOc3cccc(O)c3C(C)=O)ccc2c1. The normalized spacial score (nSPS) is 10.7. The van der Waals surface area contributed by atoms with Gasteiger partial charge in [0.05, 0.1) is 25.4 Å². The Morgan fingerprint density at radius 3 is 2.34 bits per heavy atom. The second kappa shape index (κ2) is 11.2. The highest BCUT2D eigenvalue weighted by Gasteiger charge is 2.13. The van der Waals surface area contributed by atoms with Crippen molar-refractivity contribution in [2.45, 2.75) is 33.1 Å². The van der Waals surface area contributed by atoms with Crippen molar-refractivity contribution in [3.63, 3.8) is 0 Å². The molecule has 3 aromatic rings. The van der Waals surface area contributed by atoms with Gasteiger partial charge < -0.3 is 19.3 Å². The van der Waals surface area contributed by atoms with E-state index in [-0.39, 0.29) is 23.1 Å². The van der Waals surface area contributed by atoms with Crippen LogP contribution in [0, 0.1) is 0 Å². The van der Waals surface area contributed by atoms with Gasteiger partial charge in [-0.3, -0.25) is 4.79 Å². The van der Waals surface area contributed by atoms with E-state index in [9.17, 15) is 14.7 Å². The quantitative estimate of drug-likeness (QED) is 0.241. The van der Waals surface area contributed by atoms with E-state index in [1.54, 1.807) is 25.1 Å². The predicted molar refractivity (Wildman–Crippen MR) is 123 cm³/mol. The van der Waals surface area contributed by atoms with Gasteiger partial charge in [0.1, 0.15) is 22.8 Å². The monoisotopic (exact) mass is 436 g/mol. The zero-order chi connectivity index (χ0) is 22.9. The molecule has 3 aromatic carbocycles. The average molecular weight is 437 g/mol. The van der Waals surface area contributed by atoms with Crippen LogP contribution in [0.25, 0.3) is 10.8 Å². The number of phenols is 1. The number of hydrogen-bond acceptors (Lipinski definition) is 6. The third-order valence-corrected chi connectivity index (χ3v) is 4.99. The summed E-state index contributed by atoms with van der Waals surface area (Å²) in [6, 6.07) is 16.1. The van der Waals surface area contributed by atoms with Gasteiger partial charge in [-0.05, 0) is 80.3 Å². The number of aromatic hydroxyl groups is 1. The number of ketones is 1. The second-order valence-corrected chi connectivity index (χ2v) is 7.41. The van der Waals surface area contributed by atoms with Crippen LogP contribution in [0.15, 0.2) is 54.6 Å². The predicted octanol–water partition coefficient (Wildman–Crippen LogP) is 5.55. The van der Waals surface area contributed by atoms with Crippen molar-refractivity contribution < 1.29 is 28.9 Å². The minimum atomic E-state index is -0.319. The Morgan fingerprint density at radius 2 is 1.59 bits per heavy atom. The molecular weight excluding hydrogens is 408 g/mol. The molecule has 0 aromatic heterocycles. The van der Waals surface area contributed by atoms with Crippen molar-refractivity contribution in [1.29, 1.82) is 0 Å². The van der Waals surface area contributed by atoms with Gasteiger partial charge in [0.15, 0.2) is 5.78 Å². The van der Waals surface area contributed by atoms with Crippen LogP contribution in [0.3, 0.4) is 0 Å². The number of esters is 1. The second-order valence-electron chi connectivity index (χ2n) is 7.41. The molecule has 6 heteroatoms. The summed E-state index contributed by atoms with van der Waals surface area (Å²) in [5.74, 6) is 0.592. The molecule has 0 amide bonds. The van der Waals surface area contributed by atoms with Crippen LogP contribution in [0.4, 0.5) is 0 Å². The third-order valence-electron chi connectivity index (χ3n) is 4.99. The summed E-state index contributed by atoms with van der Waals surface area (Å²) in [4.78, 5) is 23.5. The van der Waals surface area contributed by atoms with E-state index in [4.69, 9.17) is 14.2 Å². The van der Waals surface area contributed by atoms with Crippen molar-refractivity contribution >= 4 is 22.5 Å². The summed E-state index contributed by atoms with van der Waals surface area (Å²) in [5.41, 5.74) is 0.762. The zero-order valence-corrected chi connectivity index (χ0v) is 18.4. The molecule has 0 bridgehead atoms. The number of unbranched alkanes of at least 4 members (excludes halogenated alkanes) is 2. The van der Waals surface area contributed by atoms with E-state index in [1.165, 1.54) is 13.0 Å². The van der Waals surface area contributed by atoms with Crippen molar-refractivity contribution in [3.8, 4) is 17.2 Å². The molecule has 168 valence electrons. The van der Waals surface area contributed by atoms with Gasteiger partial charge in [-0.1, -0.05) is 18.2 Å². The molecule has 0 aliphatic heterocycles. The first kappa shape index (κ1) is 23.1. The molecule has 0 saturated carbocycles. The van der Waals surface area contributed by atoms with E-state index in [0.717, 1.165) is 35.8 Å². The highest BCUT2D eigenvalue weighted by Crippen LogP contribution is 2.28. The Kier molecular flexibility index (Phi) is 8.08. The molecule has 0 aliphatic rings. The van der Waals surface area contributed by atoms with E-state index < -0.39 is 0 Å². The Balaban J connectivity index is 1.42. The highest BCUT2D eigenvalue weighted by molar-refractivity contribution is 5.99. The van der Waals surface area contributed by atoms with Crippen LogP contribution in [0.1, 0.15) is 53.8 Å². The van der Waals surface area contributed by atoms with Gasteiger partial charge >= 0.3 is 5.97 Å². The van der Waals surface area contributed by atoms with E-state index >= 15 is 0 Å². The van der Waals surface area contributed by atoms with Crippen LogP contribution >= 0.6 is 0 Å². The minimum absolute atomic E-state index is 0.0594. The molecule has 0 aliphatic carbocycles. The van der Waals surface area contributed by atoms with Gasteiger partial charge in [0.25, 0.3) is 0 Å². The Morgan fingerprint density at radius 1 is 0.875 bits per heavy atom. The molecule has 0 unspecified atom stereocenters. The smallest absolute Gasteiger partial charge is 0.338 e. The number of ether oxygens (including phenoxy) is 3. The highest BCUT2D eigenvalue weighted by atomic mass is 16.5. The lowest BCUT2D eigenvalue weighted by molar-refractivity contribution is 0.0526. The van der Waals surface area contributed by atoms with Gasteiger partial charge in [-0.15, -0.1) is 0 Å². The van der Waals surface area contributed by atoms with Crippen molar-refractivity contribution in [2.24, 2.45) is 0 Å². The Hall–Kier alpha value is -3.54. The zero-order valence-electron chi connectivity index (χ0n) is 18.4. The summed E-state index contributed by atoms with van der Waals surface area (Å²) in [7, 11) is 0. The first-order chi connectivity index (χ1) is 15.5. The van der Waals surface area contributed by atoms with Gasteiger partial charge in [-0.25, -0.2) is 4.79 Å². The number of benzene rings is 3. The van der Waals surface area contributed by atoms with Crippen LogP contribution in [0.2, 0.25) is 0 Å². The minimum Gasteiger partial charge on any atom is -0.507 e. The molecule has 6 nitrogen and oxygen atoms in total. The van der Waals surface area contributed by atoms with Gasteiger partial charge in [0, 0.05) is 0 Å². The van der Waals surface area contributed by atoms with Gasteiger partial charge in [-0.2, -0.15) is 0 Å². The standard InChI is InChI=1S/C26H28O6/c1-3-30-26(29)21-11-10-20-17-22(13-12-19(20)16-21)31-14-5-4-6-15-32-24-9-7-8-23(28)25(24)18(2)27/h7-13,16-17,28H,3-6,14-15H2,1-2H3. The fraction of sp³-hybridized carbons (Fsp3) is 0.308. The van der Waals surface area contributed by atoms with Crippen molar-refractivity contribution in [3.05, 3.63) is 65.7 Å². The third kappa shape index (κ3) is 6.00. The largest absolute Gasteiger partial charge is 0.507 e. The van der Waals surface area contributed by atoms with E-state index in [0.29, 0.717) is 31.1 Å². The molecular formula is C26H28O6. The molecule has 0 heterocycles. The van der Waals surface area contributed by atoms with Crippen LogP contribution in [-0.2, 0) is 4.74 Å². The average Bonchev–Trinajstić information content (AvgIpc) is 2.78. The summed E-state index contributed by atoms with van der Waals surface area (Å²) in [6.45, 7) is 4.59. The summed E-state index contributed by atoms with van der Waals surface area (Å²) in [6.07, 6.45) is 2.58. The number of hydrogen-bond donors (Lipinski definition) is 1. The lowest BCUT2D eigenvalue weighted by Crippen LogP contribution is -2.04. The van der Waals surface area contributed by atoms with Crippen molar-refractivity contribution in [1.82, 2.24) is 0 Å². The summed E-state index contributed by atoms with van der Waals surface area (Å²) < 4.78 is 16.6. The fourth-order valence-corrected chi connectivity index (χ4v) is 3.40. The molecule has 0 fully saturated rings. The maximum absolute atomic E-state index is 11.9. The first-order valence-corrected chi connectivity index (χ1v) is 10.8. The molecule has 0 saturated heterocycles. The lowest BCUT2D eigenvalue weighted by Gasteiger charge is -2.11. The topological polar surface area (TPSA) is 82.1 Å². The van der Waals surface area contributed by atoms with E-state index in [1.807, 2.05) is 30.3 Å². The number of carbonyl (C=O) groups is 2.